The second kappa shape index (κ2) is 6.74. The van der Waals surface area contributed by atoms with Crippen molar-refractivity contribution in [3.8, 4) is 11.5 Å². The Kier molecular flexibility index (Phi) is 4.99. The van der Waals surface area contributed by atoms with E-state index in [4.69, 9.17) is 4.74 Å². The largest absolute Gasteiger partial charge is 0.504 e. The van der Waals surface area contributed by atoms with Crippen LogP contribution in [0.25, 0.3) is 0 Å². The van der Waals surface area contributed by atoms with E-state index in [1.54, 1.807) is 12.1 Å². The third-order valence-corrected chi connectivity index (χ3v) is 3.59. The van der Waals surface area contributed by atoms with E-state index >= 15 is 0 Å². The number of aromatic hydroxyl groups is 1. The number of methoxy groups -OCH3 is 1. The molecule has 0 saturated heterocycles. The molecule has 2 amide bonds. The van der Waals surface area contributed by atoms with E-state index in [2.05, 4.69) is 15.8 Å². The number of ether oxygens (including phenoxy) is 1. The summed E-state index contributed by atoms with van der Waals surface area (Å²) in [6.45, 7) is 0. The Morgan fingerprint density at radius 2 is 2.14 bits per heavy atom. The predicted molar refractivity (Wildman–Crippen MR) is 84.3 cm³/mol. The third kappa shape index (κ3) is 4.31. The summed E-state index contributed by atoms with van der Waals surface area (Å²) in [6, 6.07) is 3.35. The van der Waals surface area contributed by atoms with Crippen molar-refractivity contribution < 1.29 is 19.4 Å². The average molecular weight is 403 g/mol. The van der Waals surface area contributed by atoms with Crippen molar-refractivity contribution in [1.29, 1.82) is 0 Å². The number of hydrogen-bond donors (Lipinski definition) is 3. The van der Waals surface area contributed by atoms with E-state index in [0.29, 0.717) is 14.9 Å². The molecular formula is C13H14IN3O4. The van der Waals surface area contributed by atoms with Crippen LogP contribution in [-0.4, -0.2) is 36.3 Å². The number of nitrogens with zero attached hydrogens (tertiary/aromatic N) is 1. The smallest absolute Gasteiger partial charge is 0.329 e. The van der Waals surface area contributed by atoms with Gasteiger partial charge in [-0.05, 0) is 53.1 Å². The SMILES string of the molecule is COc1cc(/C=N/NC(=O)C(=O)NC2CC2)cc(I)c1O. The molecule has 21 heavy (non-hydrogen) atoms. The van der Waals surface area contributed by atoms with Crippen LogP contribution >= 0.6 is 22.6 Å². The number of rotatable bonds is 4. The maximum Gasteiger partial charge on any atom is 0.329 e. The lowest BCUT2D eigenvalue weighted by Crippen LogP contribution is -2.38. The molecule has 7 nitrogen and oxygen atoms in total. The predicted octanol–water partition coefficient (Wildman–Crippen LogP) is 0.734. The van der Waals surface area contributed by atoms with Gasteiger partial charge in [0.05, 0.1) is 16.9 Å². The first-order chi connectivity index (χ1) is 10.0. The molecule has 0 spiro atoms. The summed E-state index contributed by atoms with van der Waals surface area (Å²) in [7, 11) is 1.44. The van der Waals surface area contributed by atoms with Gasteiger partial charge in [-0.2, -0.15) is 5.10 Å². The number of nitrogens with one attached hydrogen (secondary N) is 2. The molecule has 1 aromatic rings. The van der Waals surface area contributed by atoms with Crippen LogP contribution in [0.1, 0.15) is 18.4 Å². The van der Waals surface area contributed by atoms with Crippen molar-refractivity contribution >= 4 is 40.6 Å². The molecule has 1 saturated carbocycles. The third-order valence-electron chi connectivity index (χ3n) is 2.77. The van der Waals surface area contributed by atoms with E-state index < -0.39 is 11.8 Å². The lowest BCUT2D eigenvalue weighted by Gasteiger charge is -2.06. The van der Waals surface area contributed by atoms with Gasteiger partial charge >= 0.3 is 11.8 Å². The number of carbonyl (C=O) groups excluding carboxylic acids is 2. The highest BCUT2D eigenvalue weighted by molar-refractivity contribution is 14.1. The van der Waals surface area contributed by atoms with Gasteiger partial charge < -0.3 is 15.2 Å². The molecule has 3 N–H and O–H groups in total. The van der Waals surface area contributed by atoms with Gasteiger partial charge in [-0.25, -0.2) is 5.43 Å². The van der Waals surface area contributed by atoms with Crippen molar-refractivity contribution in [2.45, 2.75) is 18.9 Å². The highest BCUT2D eigenvalue weighted by Gasteiger charge is 2.26. The summed E-state index contributed by atoms with van der Waals surface area (Å²) in [5.74, 6) is -1.14. The molecule has 1 aliphatic carbocycles. The Hall–Kier alpha value is -1.84. The minimum atomic E-state index is -0.807. The van der Waals surface area contributed by atoms with E-state index in [1.807, 2.05) is 22.6 Å². The van der Waals surface area contributed by atoms with Crippen LogP contribution < -0.4 is 15.5 Å². The average Bonchev–Trinajstić information content (AvgIpc) is 3.26. The topological polar surface area (TPSA) is 100 Å². The van der Waals surface area contributed by atoms with Crippen molar-refractivity contribution in [1.82, 2.24) is 10.7 Å². The molecule has 1 fully saturated rings. The second-order valence-corrected chi connectivity index (χ2v) is 5.66. The van der Waals surface area contributed by atoms with Gasteiger partial charge in [0.15, 0.2) is 11.5 Å². The molecule has 0 radical (unpaired) electrons. The number of benzene rings is 1. The molecule has 0 unspecified atom stereocenters. The summed E-state index contributed by atoms with van der Waals surface area (Å²) < 4.78 is 5.60. The van der Waals surface area contributed by atoms with Crippen LogP contribution in [-0.2, 0) is 9.59 Å². The Bertz CT molecular complexity index is 599. The maximum absolute atomic E-state index is 11.4. The van der Waals surface area contributed by atoms with Gasteiger partial charge in [0, 0.05) is 6.04 Å². The molecule has 1 aliphatic rings. The van der Waals surface area contributed by atoms with Crippen molar-refractivity contribution in [2.24, 2.45) is 5.10 Å². The Morgan fingerprint density at radius 3 is 2.76 bits per heavy atom. The molecule has 1 aromatic carbocycles. The van der Waals surface area contributed by atoms with Crippen LogP contribution in [0.4, 0.5) is 0 Å². The van der Waals surface area contributed by atoms with E-state index in [0.717, 1.165) is 12.8 Å². The van der Waals surface area contributed by atoms with E-state index in [1.165, 1.54) is 13.3 Å². The number of carbonyl (C=O) groups is 2. The fraction of sp³-hybridized carbons (Fsp3) is 0.308. The normalized spacial score (nSPS) is 14.0. The fourth-order valence-electron chi connectivity index (χ4n) is 1.52. The molecule has 0 heterocycles. The Morgan fingerprint density at radius 1 is 1.43 bits per heavy atom. The molecule has 0 aromatic heterocycles. The van der Waals surface area contributed by atoms with Crippen molar-refractivity contribution in [2.75, 3.05) is 7.11 Å². The van der Waals surface area contributed by atoms with Gasteiger partial charge in [0.2, 0.25) is 0 Å². The van der Waals surface area contributed by atoms with Crippen LogP contribution in [0.15, 0.2) is 17.2 Å². The standard InChI is InChI=1S/C13H14IN3O4/c1-21-10-5-7(4-9(14)11(10)18)6-15-17-13(20)12(19)16-8-2-3-8/h4-6,8,18H,2-3H2,1H3,(H,16,19)(H,17,20)/b15-6+. The second-order valence-electron chi connectivity index (χ2n) is 4.50. The van der Waals surface area contributed by atoms with E-state index in [-0.39, 0.29) is 11.8 Å². The van der Waals surface area contributed by atoms with Gasteiger partial charge in [0.25, 0.3) is 0 Å². The minimum Gasteiger partial charge on any atom is -0.504 e. The molecule has 0 bridgehead atoms. The Labute approximate surface area is 134 Å². The van der Waals surface area contributed by atoms with E-state index in [9.17, 15) is 14.7 Å². The zero-order valence-corrected chi connectivity index (χ0v) is 13.4. The number of amides is 2. The van der Waals surface area contributed by atoms with Gasteiger partial charge in [-0.3, -0.25) is 9.59 Å². The minimum absolute atomic E-state index is 0.0445. The first kappa shape index (κ1) is 15.5. The molecular weight excluding hydrogens is 389 g/mol. The van der Waals surface area contributed by atoms with Gasteiger partial charge in [-0.1, -0.05) is 0 Å². The van der Waals surface area contributed by atoms with Crippen molar-refractivity contribution in [3.05, 3.63) is 21.3 Å². The summed E-state index contributed by atoms with van der Waals surface area (Å²) in [4.78, 5) is 22.8. The van der Waals surface area contributed by atoms with Gasteiger partial charge in [-0.15, -0.1) is 0 Å². The zero-order chi connectivity index (χ0) is 15.4. The first-order valence-electron chi connectivity index (χ1n) is 6.21. The highest BCUT2D eigenvalue weighted by atomic mass is 127. The molecule has 0 aliphatic heterocycles. The summed E-state index contributed by atoms with van der Waals surface area (Å²) in [5.41, 5.74) is 2.77. The number of halogens is 1. The summed E-state index contributed by atoms with van der Waals surface area (Å²) >= 11 is 1.95. The molecule has 8 heteroatoms. The zero-order valence-electron chi connectivity index (χ0n) is 11.2. The lowest BCUT2D eigenvalue weighted by molar-refractivity contribution is -0.139. The number of hydrogen-bond acceptors (Lipinski definition) is 5. The summed E-state index contributed by atoms with van der Waals surface area (Å²) in [5, 5.41) is 16.0. The van der Waals surface area contributed by atoms with Crippen LogP contribution in [0, 0.1) is 3.57 Å². The number of hydrazone groups is 1. The van der Waals surface area contributed by atoms with Crippen LogP contribution in [0.2, 0.25) is 0 Å². The van der Waals surface area contributed by atoms with Crippen LogP contribution in [0.5, 0.6) is 11.5 Å². The fourth-order valence-corrected chi connectivity index (χ4v) is 2.14. The molecule has 2 rings (SSSR count). The van der Waals surface area contributed by atoms with Crippen LogP contribution in [0.3, 0.4) is 0 Å². The molecule has 0 atom stereocenters. The lowest BCUT2D eigenvalue weighted by atomic mass is 10.2. The monoisotopic (exact) mass is 403 g/mol. The Balaban J connectivity index is 1.95. The quantitative estimate of drug-likeness (QED) is 0.299. The first-order valence-corrected chi connectivity index (χ1v) is 7.29. The summed E-state index contributed by atoms with van der Waals surface area (Å²) in [6.07, 6.45) is 3.19. The number of phenolic OH excluding ortho intramolecular Hbond substituents is 1. The highest BCUT2D eigenvalue weighted by Crippen LogP contribution is 2.31. The number of phenols is 1. The molecule has 112 valence electrons. The maximum atomic E-state index is 11.4. The van der Waals surface area contributed by atoms with Gasteiger partial charge in [0.1, 0.15) is 0 Å². The van der Waals surface area contributed by atoms with Crippen molar-refractivity contribution in [3.63, 3.8) is 0 Å².